The van der Waals surface area contributed by atoms with Crippen molar-refractivity contribution in [2.75, 3.05) is 19.5 Å². The number of anilines is 1. The lowest BCUT2D eigenvalue weighted by atomic mass is 9.99. The minimum atomic E-state index is -0.350. The number of carbonyl (C=O) groups is 1. The molecule has 1 amide bonds. The number of phenolic OH excluding ortho intramolecular Hbond substituents is 1. The van der Waals surface area contributed by atoms with E-state index in [0.717, 1.165) is 11.1 Å². The molecule has 0 spiro atoms. The van der Waals surface area contributed by atoms with E-state index in [0.29, 0.717) is 22.9 Å². The number of benzene rings is 2. The van der Waals surface area contributed by atoms with Crippen LogP contribution in [0.1, 0.15) is 41.4 Å². The number of methoxy groups -OCH3 is 2. The molecule has 1 heterocycles. The van der Waals surface area contributed by atoms with Gasteiger partial charge in [0.2, 0.25) is 5.75 Å². The highest BCUT2D eigenvalue weighted by Crippen LogP contribution is 2.37. The number of aromatic nitrogens is 2. The first-order valence-electron chi connectivity index (χ1n) is 9.86. The summed E-state index contributed by atoms with van der Waals surface area (Å²) < 4.78 is 17.9. The van der Waals surface area contributed by atoms with Crippen LogP contribution in [0.15, 0.2) is 42.6 Å². The minimum Gasteiger partial charge on any atom is -0.508 e. The number of aryl methyl sites for hydroxylation is 1. The molecule has 0 aliphatic heterocycles. The second-order valence-electron chi connectivity index (χ2n) is 7.34. The number of phenols is 1. The molecule has 0 saturated heterocycles. The number of ether oxygens (including phenoxy) is 3. The van der Waals surface area contributed by atoms with Gasteiger partial charge >= 0.3 is 0 Å². The topological polar surface area (TPSA) is 94.8 Å². The number of nitrogens with zero attached hydrogens (tertiary/aromatic N) is 2. The van der Waals surface area contributed by atoms with Gasteiger partial charge in [-0.1, -0.05) is 19.9 Å². The van der Waals surface area contributed by atoms with Crippen molar-refractivity contribution in [2.24, 2.45) is 0 Å². The summed E-state index contributed by atoms with van der Waals surface area (Å²) in [6, 6.07) is 10.4. The van der Waals surface area contributed by atoms with Gasteiger partial charge in [-0.3, -0.25) is 4.79 Å². The molecular formula is C23H27N3O5. The van der Waals surface area contributed by atoms with E-state index >= 15 is 0 Å². The molecule has 0 bridgehead atoms. The fourth-order valence-corrected chi connectivity index (χ4v) is 3.14. The summed E-state index contributed by atoms with van der Waals surface area (Å²) >= 11 is 0. The molecule has 3 rings (SSSR count). The van der Waals surface area contributed by atoms with Crippen molar-refractivity contribution >= 4 is 11.6 Å². The molecule has 8 heteroatoms. The Kier molecular flexibility index (Phi) is 6.69. The van der Waals surface area contributed by atoms with Gasteiger partial charge in [0.05, 0.1) is 14.2 Å². The van der Waals surface area contributed by atoms with E-state index in [2.05, 4.69) is 10.4 Å². The summed E-state index contributed by atoms with van der Waals surface area (Å²) in [7, 11) is 3.10. The Labute approximate surface area is 181 Å². The fraction of sp³-hybridized carbons (Fsp3) is 0.304. The van der Waals surface area contributed by atoms with Gasteiger partial charge in [0.15, 0.2) is 23.9 Å². The van der Waals surface area contributed by atoms with Crippen molar-refractivity contribution in [3.63, 3.8) is 0 Å². The molecule has 1 aromatic heterocycles. The van der Waals surface area contributed by atoms with Crippen LogP contribution in [0, 0.1) is 6.92 Å². The molecule has 0 aliphatic carbocycles. The predicted octanol–water partition coefficient (Wildman–Crippen LogP) is 4.33. The van der Waals surface area contributed by atoms with Crippen molar-refractivity contribution in [3.05, 3.63) is 59.4 Å². The molecule has 8 nitrogen and oxygen atoms in total. The van der Waals surface area contributed by atoms with Gasteiger partial charge in [-0.2, -0.15) is 5.10 Å². The Morgan fingerprint density at radius 2 is 1.84 bits per heavy atom. The van der Waals surface area contributed by atoms with Gasteiger partial charge < -0.3 is 24.6 Å². The Hall–Kier alpha value is -3.68. The maximum absolute atomic E-state index is 12.7. The van der Waals surface area contributed by atoms with E-state index < -0.39 is 0 Å². The van der Waals surface area contributed by atoms with Crippen molar-refractivity contribution in [1.29, 1.82) is 0 Å². The van der Waals surface area contributed by atoms with E-state index in [-0.39, 0.29) is 30.0 Å². The first-order chi connectivity index (χ1) is 14.8. The third kappa shape index (κ3) is 4.91. The second-order valence-corrected chi connectivity index (χ2v) is 7.34. The van der Waals surface area contributed by atoms with Crippen molar-refractivity contribution < 1.29 is 24.1 Å². The Balaban J connectivity index is 1.72. The van der Waals surface area contributed by atoms with Crippen LogP contribution in [0.25, 0.3) is 0 Å². The summed E-state index contributed by atoms with van der Waals surface area (Å²) in [5.74, 6) is 1.52. The smallest absolute Gasteiger partial charge is 0.276 e. The molecule has 0 saturated carbocycles. The van der Waals surface area contributed by atoms with Crippen LogP contribution in [0.3, 0.4) is 0 Å². The number of hydrogen-bond donors (Lipinski definition) is 2. The van der Waals surface area contributed by atoms with Gasteiger partial charge in [0.1, 0.15) is 5.75 Å². The van der Waals surface area contributed by atoms with E-state index in [9.17, 15) is 9.90 Å². The van der Waals surface area contributed by atoms with E-state index in [4.69, 9.17) is 14.2 Å². The van der Waals surface area contributed by atoms with Crippen molar-refractivity contribution in [3.8, 4) is 23.0 Å². The lowest BCUT2D eigenvalue weighted by molar-refractivity contribution is 0.102. The first kappa shape index (κ1) is 22.0. The maximum Gasteiger partial charge on any atom is 0.276 e. The first-order valence-corrected chi connectivity index (χ1v) is 9.86. The molecule has 3 aromatic rings. The quantitative estimate of drug-likeness (QED) is 0.522. The summed E-state index contributed by atoms with van der Waals surface area (Å²) in [5, 5.41) is 17.3. The van der Waals surface area contributed by atoms with Gasteiger partial charge in [-0.25, -0.2) is 4.68 Å². The van der Waals surface area contributed by atoms with E-state index in [1.165, 1.54) is 4.68 Å². The number of amides is 1. The maximum atomic E-state index is 12.7. The van der Waals surface area contributed by atoms with Crippen LogP contribution >= 0.6 is 0 Å². The van der Waals surface area contributed by atoms with Crippen LogP contribution in [0.2, 0.25) is 0 Å². The van der Waals surface area contributed by atoms with E-state index in [1.807, 2.05) is 20.8 Å². The van der Waals surface area contributed by atoms with Crippen LogP contribution in [-0.2, 0) is 6.73 Å². The molecule has 0 radical (unpaired) electrons. The van der Waals surface area contributed by atoms with Crippen LogP contribution in [-0.4, -0.2) is 35.0 Å². The lowest BCUT2D eigenvalue weighted by Gasteiger charge is -2.14. The monoisotopic (exact) mass is 425 g/mol. The highest BCUT2D eigenvalue weighted by Gasteiger charge is 2.16. The van der Waals surface area contributed by atoms with Gasteiger partial charge in [0, 0.05) is 11.9 Å². The zero-order chi connectivity index (χ0) is 22.5. The Bertz CT molecular complexity index is 1050. The highest BCUT2D eigenvalue weighted by atomic mass is 16.5. The van der Waals surface area contributed by atoms with Gasteiger partial charge in [-0.05, 0) is 54.3 Å². The summed E-state index contributed by atoms with van der Waals surface area (Å²) in [4.78, 5) is 12.7. The molecule has 0 atom stereocenters. The number of rotatable bonds is 8. The van der Waals surface area contributed by atoms with Gasteiger partial charge in [0.25, 0.3) is 5.91 Å². The zero-order valence-corrected chi connectivity index (χ0v) is 18.3. The number of hydrogen-bond acceptors (Lipinski definition) is 6. The predicted molar refractivity (Wildman–Crippen MR) is 117 cm³/mol. The molecule has 0 fully saturated rings. The Morgan fingerprint density at radius 3 is 2.45 bits per heavy atom. The SMILES string of the molecule is COc1cccc(OC)c1OCn1ccc(C(=O)Nc2cc(C(C)C)c(O)cc2C)n1. The Morgan fingerprint density at radius 1 is 1.16 bits per heavy atom. The van der Waals surface area contributed by atoms with E-state index in [1.54, 1.807) is 56.8 Å². The zero-order valence-electron chi connectivity index (χ0n) is 18.3. The molecule has 2 N–H and O–H groups in total. The number of para-hydroxylation sites is 1. The normalized spacial score (nSPS) is 10.8. The molecule has 0 unspecified atom stereocenters. The summed E-state index contributed by atoms with van der Waals surface area (Å²) in [6.45, 7) is 5.86. The van der Waals surface area contributed by atoms with Crippen LogP contribution < -0.4 is 19.5 Å². The molecule has 31 heavy (non-hydrogen) atoms. The number of aromatic hydroxyl groups is 1. The average molecular weight is 425 g/mol. The van der Waals surface area contributed by atoms with Gasteiger partial charge in [-0.15, -0.1) is 0 Å². The molecular weight excluding hydrogens is 398 g/mol. The highest BCUT2D eigenvalue weighted by molar-refractivity contribution is 6.03. The largest absolute Gasteiger partial charge is 0.508 e. The lowest BCUT2D eigenvalue weighted by Crippen LogP contribution is -2.15. The van der Waals surface area contributed by atoms with Crippen LogP contribution in [0.5, 0.6) is 23.0 Å². The third-order valence-corrected chi connectivity index (χ3v) is 4.84. The minimum absolute atomic E-state index is 0.0692. The summed E-state index contributed by atoms with van der Waals surface area (Å²) in [6.07, 6.45) is 1.65. The van der Waals surface area contributed by atoms with Crippen molar-refractivity contribution in [2.45, 2.75) is 33.4 Å². The molecule has 164 valence electrons. The molecule has 2 aromatic carbocycles. The summed E-state index contributed by atoms with van der Waals surface area (Å²) in [5.41, 5.74) is 2.41. The second kappa shape index (κ2) is 9.42. The number of carbonyl (C=O) groups excluding carboxylic acids is 1. The fourth-order valence-electron chi connectivity index (χ4n) is 3.14. The van der Waals surface area contributed by atoms with Crippen LogP contribution in [0.4, 0.5) is 5.69 Å². The molecule has 0 aliphatic rings. The third-order valence-electron chi connectivity index (χ3n) is 4.84. The average Bonchev–Trinajstić information content (AvgIpc) is 3.22. The number of nitrogens with one attached hydrogen (secondary N) is 1. The standard InChI is InChI=1S/C23H27N3O5/c1-14(2)16-12-18(15(3)11-19(16)27)24-23(28)17-9-10-26(25-17)13-31-22-20(29-4)7-6-8-21(22)30-5/h6-12,14,27H,13H2,1-5H3,(H,24,28). The van der Waals surface area contributed by atoms with Crippen molar-refractivity contribution in [1.82, 2.24) is 9.78 Å².